The lowest BCUT2D eigenvalue weighted by atomic mass is 10.1. The highest BCUT2D eigenvalue weighted by Gasteiger charge is 2.40. The average Bonchev–Trinajstić information content (AvgIpc) is 3.20. The van der Waals surface area contributed by atoms with Crippen molar-refractivity contribution in [2.24, 2.45) is 0 Å². The van der Waals surface area contributed by atoms with Crippen LogP contribution >= 0.6 is 0 Å². The summed E-state index contributed by atoms with van der Waals surface area (Å²) in [5.74, 6) is 0. The second-order valence-electron chi connectivity index (χ2n) is 7.76. The molecule has 0 fully saturated rings. The molecule has 0 saturated carbocycles. The van der Waals surface area contributed by atoms with Gasteiger partial charge >= 0.3 is 6.18 Å². The molecule has 2 aromatic rings. The Labute approximate surface area is 167 Å². The zero-order valence-electron chi connectivity index (χ0n) is 16.1. The highest BCUT2D eigenvalue weighted by molar-refractivity contribution is 7.90. The smallest absolute Gasteiger partial charge is 0.375 e. The molecule has 0 bridgehead atoms. The molecular weight excluding hydrogens is 407 g/mol. The number of halogens is 3. The van der Waals surface area contributed by atoms with Crippen molar-refractivity contribution in [2.45, 2.75) is 57.2 Å². The maximum absolute atomic E-state index is 13.4. The van der Waals surface area contributed by atoms with E-state index in [2.05, 4.69) is 9.82 Å². The van der Waals surface area contributed by atoms with Crippen LogP contribution in [0.2, 0.25) is 0 Å². The summed E-state index contributed by atoms with van der Waals surface area (Å²) >= 11 is 0. The summed E-state index contributed by atoms with van der Waals surface area (Å²) in [7, 11) is -3.40. The third-order valence-corrected chi connectivity index (χ3v) is 7.32. The zero-order chi connectivity index (χ0) is 21.0. The summed E-state index contributed by atoms with van der Waals surface area (Å²) in [6.07, 6.45) is -3.31. The van der Waals surface area contributed by atoms with E-state index in [1.807, 2.05) is 6.07 Å². The Hall–Kier alpha value is -1.91. The summed E-state index contributed by atoms with van der Waals surface area (Å²) in [5.41, 5.74) is 2.16. The summed E-state index contributed by atoms with van der Waals surface area (Å²) < 4.78 is 73.9. The van der Waals surface area contributed by atoms with Gasteiger partial charge < -0.3 is 4.74 Å². The second kappa shape index (κ2) is 7.10. The minimum absolute atomic E-state index is 0.0757. The van der Waals surface area contributed by atoms with E-state index in [-0.39, 0.29) is 31.2 Å². The molecule has 2 heterocycles. The number of fused-ring (bicyclic) bond motifs is 2. The normalized spacial score (nSPS) is 19.4. The Kier molecular flexibility index (Phi) is 4.99. The molecule has 2 aliphatic rings. The molecule has 1 aliphatic heterocycles. The minimum Gasteiger partial charge on any atom is -0.375 e. The lowest BCUT2D eigenvalue weighted by Gasteiger charge is -2.16. The molecule has 1 atom stereocenters. The molecule has 4 rings (SSSR count). The minimum atomic E-state index is -4.52. The predicted molar refractivity (Wildman–Crippen MR) is 100 cm³/mol. The number of nitrogens with zero attached hydrogens (tertiary/aromatic N) is 2. The number of benzene rings is 1. The van der Waals surface area contributed by atoms with Gasteiger partial charge in [0.2, 0.25) is 10.0 Å². The first-order valence-corrected chi connectivity index (χ1v) is 11.0. The van der Waals surface area contributed by atoms with Crippen molar-refractivity contribution in [1.82, 2.24) is 14.5 Å². The van der Waals surface area contributed by atoms with E-state index in [1.54, 1.807) is 26.0 Å². The number of ether oxygens (including phenoxy) is 1. The standard InChI is InChI=1S/C19H22F3N3O3S/c1-11(2)29(26,27)24-14-7-12-3-4-15(9-13(12)8-14)25-17-10-28-6-5-16(17)18(23-25)19(20,21)22/h3-4,9,11,14,24H,5-8,10H2,1-2H3/t14-/m0/s1. The van der Waals surface area contributed by atoms with Crippen molar-refractivity contribution in [2.75, 3.05) is 6.61 Å². The van der Waals surface area contributed by atoms with Gasteiger partial charge in [0.25, 0.3) is 0 Å². The molecule has 0 radical (unpaired) electrons. The fourth-order valence-corrected chi connectivity index (χ4v) is 4.77. The highest BCUT2D eigenvalue weighted by Crippen LogP contribution is 2.36. The van der Waals surface area contributed by atoms with Gasteiger partial charge in [0.05, 0.1) is 29.8 Å². The Morgan fingerprint density at radius 1 is 1.24 bits per heavy atom. The second-order valence-corrected chi connectivity index (χ2v) is 10.0. The number of hydrogen-bond acceptors (Lipinski definition) is 4. The van der Waals surface area contributed by atoms with E-state index < -0.39 is 27.1 Å². The quantitative estimate of drug-likeness (QED) is 0.811. The molecule has 0 spiro atoms. The Balaban J connectivity index is 1.66. The largest absolute Gasteiger partial charge is 0.435 e. The van der Waals surface area contributed by atoms with Gasteiger partial charge in [-0.05, 0) is 56.4 Å². The van der Waals surface area contributed by atoms with Crippen LogP contribution < -0.4 is 4.72 Å². The Bertz CT molecular complexity index is 1040. The summed E-state index contributed by atoms with van der Waals surface area (Å²) in [4.78, 5) is 0. The lowest BCUT2D eigenvalue weighted by molar-refractivity contribution is -0.142. The summed E-state index contributed by atoms with van der Waals surface area (Å²) in [6.45, 7) is 3.54. The van der Waals surface area contributed by atoms with Crippen molar-refractivity contribution >= 4 is 10.0 Å². The van der Waals surface area contributed by atoms with Crippen LogP contribution in [0.3, 0.4) is 0 Å². The number of alkyl halides is 3. The molecule has 1 aromatic carbocycles. The van der Waals surface area contributed by atoms with E-state index in [1.165, 1.54) is 4.68 Å². The van der Waals surface area contributed by atoms with Crippen molar-refractivity contribution in [1.29, 1.82) is 0 Å². The third-order valence-electron chi connectivity index (χ3n) is 5.41. The fraction of sp³-hybridized carbons (Fsp3) is 0.526. The van der Waals surface area contributed by atoms with Crippen molar-refractivity contribution in [3.63, 3.8) is 0 Å². The zero-order valence-corrected chi connectivity index (χ0v) is 16.9. The Morgan fingerprint density at radius 3 is 2.66 bits per heavy atom. The van der Waals surface area contributed by atoms with E-state index in [0.717, 1.165) is 11.1 Å². The van der Waals surface area contributed by atoms with Gasteiger partial charge in [0.1, 0.15) is 0 Å². The number of nitrogens with one attached hydrogen (secondary N) is 1. The fourth-order valence-electron chi connectivity index (χ4n) is 3.87. The first-order chi connectivity index (χ1) is 13.6. The van der Waals surface area contributed by atoms with E-state index >= 15 is 0 Å². The van der Waals surface area contributed by atoms with Crippen LogP contribution in [0.15, 0.2) is 18.2 Å². The van der Waals surface area contributed by atoms with Crippen LogP contribution in [-0.2, 0) is 46.8 Å². The predicted octanol–water partition coefficient (Wildman–Crippen LogP) is 2.76. The topological polar surface area (TPSA) is 73.2 Å². The number of rotatable bonds is 4. The van der Waals surface area contributed by atoms with E-state index in [4.69, 9.17) is 4.74 Å². The van der Waals surface area contributed by atoms with Crippen molar-refractivity contribution < 1.29 is 26.3 Å². The van der Waals surface area contributed by atoms with Crippen LogP contribution in [0.1, 0.15) is 41.9 Å². The van der Waals surface area contributed by atoms with Crippen LogP contribution in [0, 0.1) is 0 Å². The maximum atomic E-state index is 13.4. The molecule has 1 N–H and O–H groups in total. The molecule has 0 amide bonds. The molecular formula is C19H22F3N3O3S. The third kappa shape index (κ3) is 3.80. The van der Waals surface area contributed by atoms with Crippen molar-refractivity contribution in [3.05, 3.63) is 46.3 Å². The molecule has 1 aliphatic carbocycles. The average molecular weight is 429 g/mol. The van der Waals surface area contributed by atoms with Gasteiger partial charge in [-0.15, -0.1) is 0 Å². The van der Waals surface area contributed by atoms with Crippen LogP contribution in [-0.4, -0.2) is 36.1 Å². The molecule has 6 nitrogen and oxygen atoms in total. The molecule has 0 saturated heterocycles. The van der Waals surface area contributed by atoms with E-state index in [0.29, 0.717) is 24.2 Å². The molecule has 1 aromatic heterocycles. The highest BCUT2D eigenvalue weighted by atomic mass is 32.2. The molecule has 158 valence electrons. The first kappa shape index (κ1) is 20.4. The summed E-state index contributed by atoms with van der Waals surface area (Å²) in [5, 5.41) is 3.33. The number of sulfonamides is 1. The van der Waals surface area contributed by atoms with Gasteiger partial charge in [-0.2, -0.15) is 18.3 Å². The van der Waals surface area contributed by atoms with Crippen LogP contribution in [0.25, 0.3) is 5.69 Å². The van der Waals surface area contributed by atoms with Gasteiger partial charge in [0, 0.05) is 11.6 Å². The van der Waals surface area contributed by atoms with Crippen LogP contribution in [0.5, 0.6) is 0 Å². The van der Waals surface area contributed by atoms with Crippen LogP contribution in [0.4, 0.5) is 13.2 Å². The van der Waals surface area contributed by atoms with Gasteiger partial charge in [0.15, 0.2) is 5.69 Å². The SMILES string of the molecule is CC(C)S(=O)(=O)N[C@H]1Cc2ccc(-n3nc(C(F)(F)F)c4c3COCC4)cc2C1. The number of hydrogen-bond donors (Lipinski definition) is 1. The maximum Gasteiger partial charge on any atom is 0.435 e. The number of aromatic nitrogens is 2. The van der Waals surface area contributed by atoms with Gasteiger partial charge in [-0.1, -0.05) is 6.07 Å². The molecule has 29 heavy (non-hydrogen) atoms. The summed E-state index contributed by atoms with van der Waals surface area (Å²) in [6, 6.07) is 5.09. The van der Waals surface area contributed by atoms with Crippen molar-refractivity contribution in [3.8, 4) is 5.69 Å². The lowest BCUT2D eigenvalue weighted by Crippen LogP contribution is -2.39. The molecule has 10 heteroatoms. The van der Waals surface area contributed by atoms with Gasteiger partial charge in [-0.3, -0.25) is 0 Å². The van der Waals surface area contributed by atoms with Gasteiger partial charge in [-0.25, -0.2) is 17.8 Å². The monoisotopic (exact) mass is 429 g/mol. The van der Waals surface area contributed by atoms with E-state index in [9.17, 15) is 21.6 Å². The Morgan fingerprint density at radius 2 is 1.97 bits per heavy atom. The molecule has 0 unspecified atom stereocenters. The first-order valence-electron chi connectivity index (χ1n) is 9.45.